The minimum atomic E-state index is -0.170. The van der Waals surface area contributed by atoms with Gasteiger partial charge in [-0.05, 0) is 50.7 Å². The van der Waals surface area contributed by atoms with Crippen molar-refractivity contribution in [1.82, 2.24) is 20.3 Å². The van der Waals surface area contributed by atoms with Gasteiger partial charge >= 0.3 is 0 Å². The highest BCUT2D eigenvalue weighted by Gasteiger charge is 2.45. The van der Waals surface area contributed by atoms with Crippen LogP contribution in [0.25, 0.3) is 10.3 Å². The lowest BCUT2D eigenvalue weighted by molar-refractivity contribution is -0.0383. The third-order valence-corrected chi connectivity index (χ3v) is 8.87. The standard InChI is InChI=1S/C26H33N7O3S/c1-14-10-29-22-21(28)23(37-25(22)30-14)24(34)31-16-4-5-18-15(9-16)3-6-20(32-18)33-11-17(27)19(12-33)36-13-26(35-2)7-8-26/h3,6,10,16-17,19H,4-5,7-9,11-13,27-28H2,1-2H3,(H,31,34). The van der Waals surface area contributed by atoms with Crippen LogP contribution in [-0.4, -0.2) is 71.5 Å². The van der Waals surface area contributed by atoms with Crippen LogP contribution in [0.3, 0.4) is 0 Å². The highest BCUT2D eigenvalue weighted by molar-refractivity contribution is 7.21. The Balaban J connectivity index is 1.08. The summed E-state index contributed by atoms with van der Waals surface area (Å²) < 4.78 is 11.7. The van der Waals surface area contributed by atoms with Gasteiger partial charge in [0.05, 0.1) is 35.7 Å². The second kappa shape index (κ2) is 9.46. The summed E-state index contributed by atoms with van der Waals surface area (Å²) in [7, 11) is 1.75. The van der Waals surface area contributed by atoms with Crippen LogP contribution in [0.2, 0.25) is 0 Å². The predicted octanol–water partition coefficient (Wildman–Crippen LogP) is 1.98. The quantitative estimate of drug-likeness (QED) is 0.424. The predicted molar refractivity (Wildman–Crippen MR) is 143 cm³/mol. The maximum Gasteiger partial charge on any atom is 0.263 e. The summed E-state index contributed by atoms with van der Waals surface area (Å²) in [4.78, 5) is 30.2. The van der Waals surface area contributed by atoms with Gasteiger partial charge in [0, 0.05) is 38.1 Å². The van der Waals surface area contributed by atoms with Crippen molar-refractivity contribution in [2.24, 2.45) is 5.73 Å². The Kier molecular flexibility index (Phi) is 6.26. The van der Waals surface area contributed by atoms with Crippen molar-refractivity contribution in [1.29, 1.82) is 0 Å². The number of thiophene rings is 1. The van der Waals surface area contributed by atoms with E-state index in [1.807, 2.05) is 6.92 Å². The van der Waals surface area contributed by atoms with E-state index in [0.717, 1.165) is 68.0 Å². The van der Waals surface area contributed by atoms with Crippen LogP contribution in [0.1, 0.15) is 45.9 Å². The highest BCUT2D eigenvalue weighted by Crippen LogP contribution is 2.39. The molecule has 196 valence electrons. The van der Waals surface area contributed by atoms with E-state index in [9.17, 15) is 4.79 Å². The van der Waals surface area contributed by atoms with Crippen molar-refractivity contribution < 1.29 is 14.3 Å². The summed E-state index contributed by atoms with van der Waals surface area (Å²) in [5.41, 5.74) is 16.6. The zero-order valence-corrected chi connectivity index (χ0v) is 22.0. The van der Waals surface area contributed by atoms with E-state index < -0.39 is 0 Å². The van der Waals surface area contributed by atoms with Crippen molar-refractivity contribution in [3.8, 4) is 0 Å². The van der Waals surface area contributed by atoms with E-state index in [1.54, 1.807) is 13.3 Å². The number of aryl methyl sites for hydroxylation is 2. The molecule has 3 aromatic rings. The molecule has 10 nitrogen and oxygen atoms in total. The van der Waals surface area contributed by atoms with Gasteiger partial charge in [-0.3, -0.25) is 4.79 Å². The molecule has 1 saturated heterocycles. The van der Waals surface area contributed by atoms with Gasteiger partial charge in [0.25, 0.3) is 5.91 Å². The molecule has 1 aliphatic heterocycles. The van der Waals surface area contributed by atoms with Crippen molar-refractivity contribution in [2.45, 2.75) is 62.8 Å². The SMILES string of the molecule is COC1(COC2CN(c3ccc4c(n3)CCC(NC(=O)c3sc5nc(C)cnc5c3N)C4)CC2N)CC1. The first-order chi connectivity index (χ1) is 17.8. The summed E-state index contributed by atoms with van der Waals surface area (Å²) in [5.74, 6) is 0.764. The van der Waals surface area contributed by atoms with E-state index in [1.165, 1.54) is 11.3 Å². The maximum absolute atomic E-state index is 13.0. The van der Waals surface area contributed by atoms with Gasteiger partial charge in [-0.1, -0.05) is 6.07 Å². The number of pyridine rings is 1. The normalized spacial score (nSPS) is 24.3. The number of aromatic nitrogens is 3. The number of methoxy groups -OCH3 is 1. The van der Waals surface area contributed by atoms with Crippen molar-refractivity contribution >= 4 is 39.1 Å². The molecule has 1 saturated carbocycles. The Hall–Kier alpha value is -2.86. The second-order valence-corrected chi connectivity index (χ2v) is 11.5. The molecule has 0 radical (unpaired) electrons. The Labute approximate surface area is 219 Å². The summed E-state index contributed by atoms with van der Waals surface area (Å²) in [5, 5.41) is 3.16. The number of rotatable bonds is 7. The zero-order valence-electron chi connectivity index (χ0n) is 21.2. The molecule has 37 heavy (non-hydrogen) atoms. The smallest absolute Gasteiger partial charge is 0.263 e. The van der Waals surface area contributed by atoms with Gasteiger partial charge in [0.2, 0.25) is 0 Å². The molecule has 3 atom stereocenters. The molecule has 0 aromatic carbocycles. The average molecular weight is 524 g/mol. The molecular weight excluding hydrogens is 490 g/mol. The van der Waals surface area contributed by atoms with Gasteiger partial charge in [0.1, 0.15) is 21.0 Å². The largest absolute Gasteiger partial charge is 0.396 e. The summed E-state index contributed by atoms with van der Waals surface area (Å²) in [6.07, 6.45) is 6.09. The number of ether oxygens (including phenoxy) is 2. The molecule has 0 bridgehead atoms. The Morgan fingerprint density at radius 3 is 2.92 bits per heavy atom. The van der Waals surface area contributed by atoms with Gasteiger partial charge < -0.3 is 31.2 Å². The van der Waals surface area contributed by atoms with Crippen LogP contribution in [0.5, 0.6) is 0 Å². The van der Waals surface area contributed by atoms with E-state index in [0.29, 0.717) is 27.5 Å². The van der Waals surface area contributed by atoms with Crippen molar-refractivity contribution in [3.63, 3.8) is 0 Å². The highest BCUT2D eigenvalue weighted by atomic mass is 32.1. The molecule has 2 aliphatic carbocycles. The Bertz CT molecular complexity index is 1340. The van der Waals surface area contributed by atoms with Gasteiger partial charge in [-0.2, -0.15) is 0 Å². The lowest BCUT2D eigenvalue weighted by atomic mass is 9.91. The first-order valence-corrected chi connectivity index (χ1v) is 13.6. The van der Waals surface area contributed by atoms with Crippen LogP contribution in [0.4, 0.5) is 11.5 Å². The number of nitrogens with zero attached hydrogens (tertiary/aromatic N) is 4. The van der Waals surface area contributed by atoms with Crippen LogP contribution in [0, 0.1) is 6.92 Å². The summed E-state index contributed by atoms with van der Waals surface area (Å²) in [6, 6.07) is 4.15. The topological polar surface area (TPSA) is 142 Å². The van der Waals surface area contributed by atoms with Crippen LogP contribution in [-0.2, 0) is 22.3 Å². The molecule has 5 N–H and O–H groups in total. The third-order valence-electron chi connectivity index (χ3n) is 7.78. The van der Waals surface area contributed by atoms with E-state index in [2.05, 4.69) is 32.3 Å². The molecular formula is C26H33N7O3S. The fourth-order valence-electron chi connectivity index (χ4n) is 5.26. The second-order valence-electron chi connectivity index (χ2n) is 10.5. The summed E-state index contributed by atoms with van der Waals surface area (Å²) in [6.45, 7) is 3.91. The number of anilines is 2. The molecule has 3 unspecified atom stereocenters. The molecule has 4 heterocycles. The fraction of sp³-hybridized carbons (Fsp3) is 0.538. The van der Waals surface area contributed by atoms with Crippen LogP contribution in [0.15, 0.2) is 18.3 Å². The number of nitrogens with two attached hydrogens (primary N) is 2. The first kappa shape index (κ1) is 24.5. The van der Waals surface area contributed by atoms with Crippen molar-refractivity contribution in [2.75, 3.05) is 37.4 Å². The number of carbonyl (C=O) groups excluding carboxylic acids is 1. The Morgan fingerprint density at radius 1 is 1.30 bits per heavy atom. The van der Waals surface area contributed by atoms with Gasteiger partial charge in [-0.25, -0.2) is 15.0 Å². The molecule has 3 aromatic heterocycles. The lowest BCUT2D eigenvalue weighted by Gasteiger charge is -2.26. The minimum absolute atomic E-state index is 0.0217. The van der Waals surface area contributed by atoms with Crippen LogP contribution < -0.4 is 21.7 Å². The third kappa shape index (κ3) is 4.76. The number of carbonyl (C=O) groups is 1. The molecule has 6 rings (SSSR count). The molecule has 2 fully saturated rings. The number of hydrogen-bond donors (Lipinski definition) is 3. The summed E-state index contributed by atoms with van der Waals surface area (Å²) >= 11 is 1.29. The number of nitrogens with one attached hydrogen (secondary N) is 1. The number of hydrogen-bond acceptors (Lipinski definition) is 10. The number of nitrogen functional groups attached to an aromatic ring is 1. The van der Waals surface area contributed by atoms with E-state index in [4.69, 9.17) is 25.9 Å². The molecule has 11 heteroatoms. The lowest BCUT2D eigenvalue weighted by Crippen LogP contribution is -2.39. The minimum Gasteiger partial charge on any atom is -0.396 e. The molecule has 1 amide bonds. The van der Waals surface area contributed by atoms with Gasteiger partial charge in [0.15, 0.2) is 0 Å². The first-order valence-electron chi connectivity index (χ1n) is 12.8. The van der Waals surface area contributed by atoms with E-state index >= 15 is 0 Å². The average Bonchev–Trinajstić information content (AvgIpc) is 3.48. The monoisotopic (exact) mass is 523 g/mol. The van der Waals surface area contributed by atoms with E-state index in [-0.39, 0.29) is 29.7 Å². The van der Waals surface area contributed by atoms with Crippen molar-refractivity contribution in [3.05, 3.63) is 40.2 Å². The number of amides is 1. The number of fused-ring (bicyclic) bond motifs is 2. The van der Waals surface area contributed by atoms with Gasteiger partial charge in [-0.15, -0.1) is 11.3 Å². The molecule has 0 spiro atoms. The zero-order chi connectivity index (χ0) is 25.7. The molecule has 3 aliphatic rings. The van der Waals surface area contributed by atoms with Crippen LogP contribution >= 0.6 is 11.3 Å². The fourth-order valence-corrected chi connectivity index (χ4v) is 6.26. The Morgan fingerprint density at radius 2 is 2.14 bits per heavy atom. The maximum atomic E-state index is 13.0.